The first-order valence-corrected chi connectivity index (χ1v) is 13.8. The molecule has 7 nitrogen and oxygen atoms in total. The maximum Gasteiger partial charge on any atom is 0.246 e. The van der Waals surface area contributed by atoms with Crippen LogP contribution >= 0.6 is 11.6 Å². The number of nitrogens with zero attached hydrogens (tertiary/aromatic N) is 2. The van der Waals surface area contributed by atoms with Gasteiger partial charge in [0.05, 0.1) is 22.3 Å². The Labute approximate surface area is 222 Å². The van der Waals surface area contributed by atoms with Gasteiger partial charge >= 0.3 is 0 Å². The van der Waals surface area contributed by atoms with Gasteiger partial charge in [-0.2, -0.15) is 0 Å². The van der Waals surface area contributed by atoms with E-state index in [-0.39, 0.29) is 29.7 Å². The van der Waals surface area contributed by atoms with Crippen molar-refractivity contribution >= 4 is 34.3 Å². The Kier molecular flexibility index (Phi) is 7.81. The molecule has 196 valence electrons. The Balaban J connectivity index is 1.45. The van der Waals surface area contributed by atoms with E-state index in [9.17, 15) is 9.59 Å². The molecule has 4 heterocycles. The maximum atomic E-state index is 14.0. The summed E-state index contributed by atoms with van der Waals surface area (Å²) >= 11 is 6.49. The van der Waals surface area contributed by atoms with E-state index in [0.29, 0.717) is 24.8 Å². The van der Waals surface area contributed by atoms with Crippen molar-refractivity contribution in [2.24, 2.45) is 11.8 Å². The van der Waals surface area contributed by atoms with Crippen LogP contribution in [0.5, 0.6) is 0 Å². The van der Waals surface area contributed by atoms with Gasteiger partial charge in [-0.15, -0.1) is 0 Å². The normalized spacial score (nSPS) is 20.2. The second kappa shape index (κ2) is 11.2. The molecule has 0 saturated carbocycles. The Morgan fingerprint density at radius 3 is 2.76 bits per heavy atom. The van der Waals surface area contributed by atoms with E-state index in [0.717, 1.165) is 60.0 Å². The lowest BCUT2D eigenvalue weighted by Crippen LogP contribution is -2.54. The van der Waals surface area contributed by atoms with Gasteiger partial charge in [0.15, 0.2) is 0 Å². The average Bonchev–Trinajstić information content (AvgIpc) is 3.59. The Bertz CT molecular complexity index is 1270. The molecule has 37 heavy (non-hydrogen) atoms. The lowest BCUT2D eigenvalue weighted by molar-refractivity contribution is -0.140. The summed E-state index contributed by atoms with van der Waals surface area (Å²) in [5, 5.41) is 4.81. The lowest BCUT2D eigenvalue weighted by Gasteiger charge is -2.35. The zero-order valence-electron chi connectivity index (χ0n) is 21.5. The van der Waals surface area contributed by atoms with Crippen molar-refractivity contribution in [1.82, 2.24) is 20.2 Å². The molecule has 2 aromatic heterocycles. The van der Waals surface area contributed by atoms with Gasteiger partial charge in [-0.1, -0.05) is 43.6 Å². The first kappa shape index (κ1) is 25.7. The summed E-state index contributed by atoms with van der Waals surface area (Å²) in [5.74, 6) is -0.0958. The van der Waals surface area contributed by atoms with Crippen LogP contribution in [0, 0.1) is 11.8 Å². The highest BCUT2D eigenvalue weighted by Crippen LogP contribution is 2.37. The van der Waals surface area contributed by atoms with Crippen LogP contribution in [0.25, 0.3) is 22.2 Å². The summed E-state index contributed by atoms with van der Waals surface area (Å²) in [4.78, 5) is 37.1. The van der Waals surface area contributed by atoms with E-state index in [1.807, 2.05) is 49.1 Å². The molecule has 0 spiro atoms. The lowest BCUT2D eigenvalue weighted by atomic mass is 9.90. The number of H-pyrrole nitrogens is 1. The minimum atomic E-state index is -0.532. The number of carbonyl (C=O) groups is 2. The maximum absolute atomic E-state index is 14.0. The number of benzene rings is 1. The van der Waals surface area contributed by atoms with Crippen molar-refractivity contribution in [2.75, 3.05) is 19.8 Å². The number of fused-ring (bicyclic) bond motifs is 1. The topological polar surface area (TPSA) is 87.3 Å². The molecule has 3 atom stereocenters. The molecule has 2 N–H and O–H groups in total. The summed E-state index contributed by atoms with van der Waals surface area (Å²) in [7, 11) is 0. The van der Waals surface area contributed by atoms with Crippen molar-refractivity contribution < 1.29 is 14.3 Å². The standard InChI is InChI=1S/C29H35ClN4O3/c1-3-18(2)28(35)33-26(19-11-15-37-16-12-19)29(36)34-14-6-9-24(34)23-17-20-10-13-31-27(25(20)32-23)21-7-4-5-8-22(21)30/h4-5,7-8,10,13,17-19,24,26,32H,3,6,9,11-12,14-16H2,1-2H3,(H,33,35)/t18-,24+,26+/m1/s1. The molecular formula is C29H35ClN4O3. The van der Waals surface area contributed by atoms with Crippen molar-refractivity contribution in [3.63, 3.8) is 0 Å². The summed E-state index contributed by atoms with van der Waals surface area (Å²) in [6.45, 7) is 5.82. The first-order valence-electron chi connectivity index (χ1n) is 13.4. The average molecular weight is 523 g/mol. The predicted octanol–water partition coefficient (Wildman–Crippen LogP) is 5.50. The van der Waals surface area contributed by atoms with Gasteiger partial charge < -0.3 is 19.9 Å². The molecule has 2 fully saturated rings. The Morgan fingerprint density at radius 1 is 1.22 bits per heavy atom. The monoisotopic (exact) mass is 522 g/mol. The SMILES string of the molecule is CC[C@@H](C)C(=O)N[C@H](C(=O)N1CCC[C@H]1c1cc2ccnc(-c3ccccc3Cl)c2[nH]1)C1CCOCC1. The van der Waals surface area contributed by atoms with E-state index >= 15 is 0 Å². The van der Waals surface area contributed by atoms with Crippen LogP contribution in [0.3, 0.4) is 0 Å². The fraction of sp³-hybridized carbons (Fsp3) is 0.483. The number of pyridine rings is 1. The Hall–Kier alpha value is -2.90. The van der Waals surface area contributed by atoms with Gasteiger partial charge in [0, 0.05) is 48.5 Å². The number of ether oxygens (including phenoxy) is 1. The number of nitrogens with one attached hydrogen (secondary N) is 2. The molecule has 2 aliphatic rings. The number of carbonyl (C=O) groups excluding carboxylic acids is 2. The summed E-state index contributed by atoms with van der Waals surface area (Å²) < 4.78 is 5.55. The molecule has 3 aromatic rings. The van der Waals surface area contributed by atoms with Crippen LogP contribution in [0.1, 0.15) is 57.7 Å². The van der Waals surface area contributed by atoms with Gasteiger partial charge in [0.2, 0.25) is 11.8 Å². The third-order valence-electron chi connectivity index (χ3n) is 7.95. The van der Waals surface area contributed by atoms with Crippen LogP contribution in [-0.4, -0.2) is 52.5 Å². The number of halogens is 1. The zero-order chi connectivity index (χ0) is 25.9. The largest absolute Gasteiger partial charge is 0.381 e. The van der Waals surface area contributed by atoms with Gasteiger partial charge in [0.25, 0.3) is 0 Å². The molecule has 8 heteroatoms. The third-order valence-corrected chi connectivity index (χ3v) is 8.28. The molecule has 5 rings (SSSR count). The Morgan fingerprint density at radius 2 is 2.00 bits per heavy atom. The zero-order valence-corrected chi connectivity index (χ0v) is 22.3. The number of amides is 2. The molecular weight excluding hydrogens is 488 g/mol. The number of hydrogen-bond donors (Lipinski definition) is 2. The number of hydrogen-bond acceptors (Lipinski definition) is 4. The minimum Gasteiger partial charge on any atom is -0.381 e. The van der Waals surface area contributed by atoms with E-state index in [2.05, 4.69) is 21.4 Å². The first-order chi connectivity index (χ1) is 18.0. The van der Waals surface area contributed by atoms with Gasteiger partial charge in [-0.25, -0.2) is 0 Å². The summed E-state index contributed by atoms with van der Waals surface area (Å²) in [6.07, 6.45) is 5.86. The summed E-state index contributed by atoms with van der Waals surface area (Å²) in [6, 6.07) is 11.2. The highest BCUT2D eigenvalue weighted by atomic mass is 35.5. The van der Waals surface area contributed by atoms with Crippen LogP contribution < -0.4 is 5.32 Å². The molecule has 0 unspecified atom stereocenters. The second-order valence-electron chi connectivity index (χ2n) is 10.3. The fourth-order valence-corrected chi connectivity index (χ4v) is 5.78. The molecule has 2 aliphatic heterocycles. The highest BCUT2D eigenvalue weighted by Gasteiger charge is 2.39. The van der Waals surface area contributed by atoms with Crippen molar-refractivity contribution in [3.8, 4) is 11.3 Å². The van der Waals surface area contributed by atoms with Crippen LogP contribution in [0.15, 0.2) is 42.6 Å². The quantitative estimate of drug-likeness (QED) is 0.428. The smallest absolute Gasteiger partial charge is 0.246 e. The molecule has 0 radical (unpaired) electrons. The van der Waals surface area contributed by atoms with Crippen molar-refractivity contribution in [3.05, 3.63) is 53.3 Å². The molecule has 0 bridgehead atoms. The fourth-order valence-electron chi connectivity index (χ4n) is 5.56. The summed E-state index contributed by atoms with van der Waals surface area (Å²) in [5.41, 5.74) is 3.57. The van der Waals surface area contributed by atoms with E-state index in [4.69, 9.17) is 16.3 Å². The van der Waals surface area contributed by atoms with E-state index in [1.165, 1.54) is 0 Å². The van der Waals surface area contributed by atoms with Crippen LogP contribution in [-0.2, 0) is 14.3 Å². The van der Waals surface area contributed by atoms with Gasteiger partial charge in [0.1, 0.15) is 6.04 Å². The van der Waals surface area contributed by atoms with Crippen LogP contribution in [0.4, 0.5) is 0 Å². The third kappa shape index (κ3) is 5.25. The molecule has 1 aromatic carbocycles. The second-order valence-corrected chi connectivity index (χ2v) is 10.7. The van der Waals surface area contributed by atoms with Gasteiger partial charge in [-0.3, -0.25) is 14.6 Å². The number of likely N-dealkylation sites (tertiary alicyclic amines) is 1. The molecule has 2 saturated heterocycles. The number of aromatic nitrogens is 2. The van der Waals surface area contributed by atoms with Crippen molar-refractivity contribution in [1.29, 1.82) is 0 Å². The number of rotatable bonds is 7. The predicted molar refractivity (Wildman–Crippen MR) is 145 cm³/mol. The molecule has 2 amide bonds. The van der Waals surface area contributed by atoms with E-state index in [1.54, 1.807) is 6.20 Å². The van der Waals surface area contributed by atoms with Crippen LogP contribution in [0.2, 0.25) is 5.02 Å². The molecule has 0 aliphatic carbocycles. The van der Waals surface area contributed by atoms with Crippen molar-refractivity contribution in [2.45, 2.75) is 58.0 Å². The van der Waals surface area contributed by atoms with Gasteiger partial charge in [-0.05, 0) is 56.2 Å². The number of aromatic amines is 1. The minimum absolute atomic E-state index is 0.00848. The highest BCUT2D eigenvalue weighted by molar-refractivity contribution is 6.33. The van der Waals surface area contributed by atoms with E-state index < -0.39 is 6.04 Å².